The number of hydrogen-bond donors (Lipinski definition) is 2. The molecular weight excluding hydrogens is 310 g/mol. The first kappa shape index (κ1) is 16.7. The molecule has 0 saturated carbocycles. The van der Waals surface area contributed by atoms with Crippen molar-refractivity contribution < 1.29 is 8.42 Å². The second-order valence-corrected chi connectivity index (χ2v) is 7.68. The molecule has 0 aromatic heterocycles. The Hall–Kier alpha value is -0.660. The minimum absolute atomic E-state index is 0.142. The van der Waals surface area contributed by atoms with Crippen LogP contribution in [0.3, 0.4) is 0 Å². The van der Waals surface area contributed by atoms with E-state index < -0.39 is 10.2 Å². The molecule has 1 saturated heterocycles. The molecule has 0 radical (unpaired) electrons. The molecule has 1 aromatic carbocycles. The molecule has 0 amide bonds. The Morgan fingerprint density at radius 1 is 1.19 bits per heavy atom. The highest BCUT2D eigenvalue weighted by Gasteiger charge is 2.28. The maximum absolute atomic E-state index is 12.5. The molecule has 0 bridgehead atoms. The van der Waals surface area contributed by atoms with Gasteiger partial charge in [0.15, 0.2) is 0 Å². The summed E-state index contributed by atoms with van der Waals surface area (Å²) < 4.78 is 29.3. The van der Waals surface area contributed by atoms with Crippen molar-refractivity contribution in [3.8, 4) is 0 Å². The number of rotatable bonds is 5. The van der Waals surface area contributed by atoms with Gasteiger partial charge >= 0.3 is 0 Å². The largest absolute Gasteiger partial charge is 0.314 e. The number of hydrogen-bond acceptors (Lipinski definition) is 3. The van der Waals surface area contributed by atoms with Crippen LogP contribution in [0.5, 0.6) is 0 Å². The molecule has 2 rings (SSSR count). The van der Waals surface area contributed by atoms with E-state index in [1.807, 2.05) is 26.0 Å². The third-order valence-electron chi connectivity index (χ3n) is 3.59. The molecular formula is C14H22ClN3O2S. The summed E-state index contributed by atoms with van der Waals surface area (Å²) in [5, 5.41) is 3.80. The highest BCUT2D eigenvalue weighted by atomic mass is 35.5. The van der Waals surface area contributed by atoms with Crippen LogP contribution in [0.4, 0.5) is 0 Å². The SMILES string of the molecule is CC(C)C(NS(=O)(=O)N1CCNCC1)c1ccc(Cl)cc1. The molecule has 1 heterocycles. The molecule has 1 aliphatic rings. The van der Waals surface area contributed by atoms with Gasteiger partial charge in [-0.1, -0.05) is 37.6 Å². The summed E-state index contributed by atoms with van der Waals surface area (Å²) in [5.41, 5.74) is 0.924. The molecule has 2 N–H and O–H groups in total. The van der Waals surface area contributed by atoms with Gasteiger partial charge in [-0.25, -0.2) is 0 Å². The van der Waals surface area contributed by atoms with Crippen LogP contribution in [0, 0.1) is 5.92 Å². The van der Waals surface area contributed by atoms with Gasteiger partial charge in [0.25, 0.3) is 10.2 Å². The minimum Gasteiger partial charge on any atom is -0.314 e. The number of nitrogens with zero attached hydrogens (tertiary/aromatic N) is 1. The third kappa shape index (κ3) is 4.40. The summed E-state index contributed by atoms with van der Waals surface area (Å²) in [6, 6.07) is 7.04. The van der Waals surface area contributed by atoms with E-state index in [1.165, 1.54) is 4.31 Å². The molecule has 1 unspecified atom stereocenters. The van der Waals surface area contributed by atoms with Crippen LogP contribution < -0.4 is 10.0 Å². The molecule has 0 aliphatic carbocycles. The van der Waals surface area contributed by atoms with E-state index in [1.54, 1.807) is 12.1 Å². The molecule has 1 atom stereocenters. The lowest BCUT2D eigenvalue weighted by atomic mass is 9.97. The van der Waals surface area contributed by atoms with Gasteiger partial charge in [0, 0.05) is 31.2 Å². The zero-order valence-corrected chi connectivity index (χ0v) is 13.9. The van der Waals surface area contributed by atoms with E-state index in [4.69, 9.17) is 11.6 Å². The van der Waals surface area contributed by atoms with E-state index in [0.717, 1.165) is 5.56 Å². The van der Waals surface area contributed by atoms with Crippen molar-refractivity contribution in [2.45, 2.75) is 19.9 Å². The fraction of sp³-hybridized carbons (Fsp3) is 0.571. The average Bonchev–Trinajstić information content (AvgIpc) is 2.47. The summed E-state index contributed by atoms with van der Waals surface area (Å²) in [4.78, 5) is 0. The van der Waals surface area contributed by atoms with Crippen LogP contribution >= 0.6 is 11.6 Å². The van der Waals surface area contributed by atoms with Crippen molar-refractivity contribution in [1.82, 2.24) is 14.3 Å². The van der Waals surface area contributed by atoms with Crippen molar-refractivity contribution in [2.75, 3.05) is 26.2 Å². The van der Waals surface area contributed by atoms with Crippen LogP contribution in [0.1, 0.15) is 25.5 Å². The van der Waals surface area contributed by atoms with Gasteiger partial charge in [0.2, 0.25) is 0 Å². The summed E-state index contributed by atoms with van der Waals surface area (Å²) in [6.45, 7) is 6.38. The van der Waals surface area contributed by atoms with Gasteiger partial charge in [-0.05, 0) is 23.6 Å². The van der Waals surface area contributed by atoms with Crippen LogP contribution in [-0.2, 0) is 10.2 Å². The van der Waals surface area contributed by atoms with Crippen LogP contribution in [0.15, 0.2) is 24.3 Å². The summed E-state index contributed by atoms with van der Waals surface area (Å²) in [7, 11) is -3.48. The zero-order valence-electron chi connectivity index (χ0n) is 12.3. The third-order valence-corrected chi connectivity index (χ3v) is 5.44. The summed E-state index contributed by atoms with van der Waals surface area (Å²) in [5.74, 6) is 0.142. The van der Waals surface area contributed by atoms with Gasteiger partial charge in [0.05, 0.1) is 6.04 Å². The Morgan fingerprint density at radius 2 is 1.76 bits per heavy atom. The van der Waals surface area contributed by atoms with Gasteiger partial charge in [-0.2, -0.15) is 17.4 Å². The molecule has 5 nitrogen and oxygen atoms in total. The monoisotopic (exact) mass is 331 g/mol. The number of benzene rings is 1. The molecule has 118 valence electrons. The van der Waals surface area contributed by atoms with Crippen LogP contribution in [0.25, 0.3) is 0 Å². The molecule has 1 aromatic rings. The fourth-order valence-electron chi connectivity index (χ4n) is 2.38. The van der Waals surface area contributed by atoms with Crippen molar-refractivity contribution >= 4 is 21.8 Å². The standard InChI is InChI=1S/C14H22ClN3O2S/c1-11(2)14(12-3-5-13(15)6-4-12)17-21(19,20)18-9-7-16-8-10-18/h3-6,11,14,16-17H,7-10H2,1-2H3. The number of halogens is 1. The lowest BCUT2D eigenvalue weighted by Gasteiger charge is -2.30. The molecule has 0 spiro atoms. The molecule has 21 heavy (non-hydrogen) atoms. The quantitative estimate of drug-likeness (QED) is 0.864. The molecule has 1 fully saturated rings. The first-order valence-corrected chi connectivity index (χ1v) is 8.95. The number of nitrogens with one attached hydrogen (secondary N) is 2. The lowest BCUT2D eigenvalue weighted by molar-refractivity contribution is 0.344. The fourth-order valence-corrected chi connectivity index (χ4v) is 4.05. The topological polar surface area (TPSA) is 61.4 Å². The predicted octanol–water partition coefficient (Wildman–Crippen LogP) is 1.78. The normalized spacial score (nSPS) is 18.9. The predicted molar refractivity (Wildman–Crippen MR) is 85.5 cm³/mol. The molecule has 1 aliphatic heterocycles. The van der Waals surface area contributed by atoms with E-state index in [0.29, 0.717) is 31.2 Å². The van der Waals surface area contributed by atoms with Gasteiger partial charge < -0.3 is 5.32 Å². The van der Waals surface area contributed by atoms with Gasteiger partial charge in [0.1, 0.15) is 0 Å². The highest BCUT2D eigenvalue weighted by Crippen LogP contribution is 2.24. The second kappa shape index (κ2) is 7.07. The Balaban J connectivity index is 2.17. The maximum Gasteiger partial charge on any atom is 0.280 e. The van der Waals surface area contributed by atoms with Crippen LogP contribution in [-0.4, -0.2) is 38.9 Å². The van der Waals surface area contributed by atoms with E-state index in [9.17, 15) is 8.42 Å². The van der Waals surface area contributed by atoms with E-state index in [2.05, 4.69) is 10.0 Å². The molecule has 7 heteroatoms. The minimum atomic E-state index is -3.48. The zero-order chi connectivity index (χ0) is 15.5. The Morgan fingerprint density at radius 3 is 2.29 bits per heavy atom. The first-order valence-electron chi connectivity index (χ1n) is 7.14. The number of piperazine rings is 1. The Kier molecular flexibility index (Phi) is 5.62. The summed E-state index contributed by atoms with van der Waals surface area (Å²) >= 11 is 5.90. The van der Waals surface area contributed by atoms with Crippen molar-refractivity contribution in [3.05, 3.63) is 34.9 Å². The first-order chi connectivity index (χ1) is 9.90. The Labute approximate surface area is 131 Å². The lowest BCUT2D eigenvalue weighted by Crippen LogP contribution is -2.51. The van der Waals surface area contributed by atoms with E-state index in [-0.39, 0.29) is 12.0 Å². The second-order valence-electron chi connectivity index (χ2n) is 5.55. The maximum atomic E-state index is 12.5. The van der Waals surface area contributed by atoms with Crippen LogP contribution in [0.2, 0.25) is 5.02 Å². The Bertz CT molecular complexity index is 554. The van der Waals surface area contributed by atoms with Gasteiger partial charge in [-0.15, -0.1) is 0 Å². The van der Waals surface area contributed by atoms with Crippen molar-refractivity contribution in [1.29, 1.82) is 0 Å². The summed E-state index contributed by atoms with van der Waals surface area (Å²) in [6.07, 6.45) is 0. The van der Waals surface area contributed by atoms with Crippen molar-refractivity contribution in [3.63, 3.8) is 0 Å². The van der Waals surface area contributed by atoms with Crippen molar-refractivity contribution in [2.24, 2.45) is 5.92 Å². The average molecular weight is 332 g/mol. The highest BCUT2D eigenvalue weighted by molar-refractivity contribution is 7.87. The smallest absolute Gasteiger partial charge is 0.280 e. The van der Waals surface area contributed by atoms with Gasteiger partial charge in [-0.3, -0.25) is 0 Å². The van der Waals surface area contributed by atoms with E-state index >= 15 is 0 Å².